The summed E-state index contributed by atoms with van der Waals surface area (Å²) in [6.07, 6.45) is 7.68. The van der Waals surface area contributed by atoms with Crippen molar-refractivity contribution < 1.29 is 0 Å². The summed E-state index contributed by atoms with van der Waals surface area (Å²) in [5.74, 6) is 0. The molecule has 0 saturated carbocycles. The van der Waals surface area contributed by atoms with Crippen LogP contribution in [-0.4, -0.2) is 6.54 Å². The number of hydrogen-bond acceptors (Lipinski definition) is 1. The summed E-state index contributed by atoms with van der Waals surface area (Å²) in [7, 11) is 0. The van der Waals surface area contributed by atoms with E-state index in [1.807, 2.05) is 0 Å². The SMILES string of the molecule is NCCc1ccc2c(c1)CCCCC2. The summed E-state index contributed by atoms with van der Waals surface area (Å²) in [6.45, 7) is 0.763. The molecule has 0 saturated heterocycles. The fourth-order valence-corrected chi connectivity index (χ4v) is 2.29. The molecule has 1 aromatic carbocycles. The topological polar surface area (TPSA) is 26.0 Å². The van der Waals surface area contributed by atoms with Gasteiger partial charge in [-0.25, -0.2) is 0 Å². The molecular formula is C13H19N. The predicted octanol–water partition coefficient (Wildman–Crippen LogP) is 2.46. The minimum Gasteiger partial charge on any atom is -0.330 e. The van der Waals surface area contributed by atoms with Gasteiger partial charge in [0.05, 0.1) is 0 Å². The van der Waals surface area contributed by atoms with Crippen LogP contribution in [0, 0.1) is 0 Å². The third-order valence-corrected chi connectivity index (χ3v) is 3.10. The van der Waals surface area contributed by atoms with Crippen molar-refractivity contribution in [3.8, 4) is 0 Å². The van der Waals surface area contributed by atoms with Gasteiger partial charge in [-0.05, 0) is 55.3 Å². The third kappa shape index (κ3) is 2.16. The average molecular weight is 189 g/mol. The lowest BCUT2D eigenvalue weighted by Gasteiger charge is -2.07. The van der Waals surface area contributed by atoms with E-state index in [2.05, 4.69) is 18.2 Å². The van der Waals surface area contributed by atoms with Crippen molar-refractivity contribution in [2.45, 2.75) is 38.5 Å². The van der Waals surface area contributed by atoms with Gasteiger partial charge < -0.3 is 5.73 Å². The van der Waals surface area contributed by atoms with E-state index in [0.717, 1.165) is 13.0 Å². The van der Waals surface area contributed by atoms with Crippen molar-refractivity contribution in [1.82, 2.24) is 0 Å². The Morgan fingerprint density at radius 3 is 2.57 bits per heavy atom. The van der Waals surface area contributed by atoms with Crippen LogP contribution < -0.4 is 5.73 Å². The molecule has 0 unspecified atom stereocenters. The average Bonchev–Trinajstić information content (AvgIpc) is 2.42. The molecule has 0 aromatic heterocycles. The molecule has 1 aliphatic rings. The zero-order valence-corrected chi connectivity index (χ0v) is 8.76. The van der Waals surface area contributed by atoms with Crippen molar-refractivity contribution in [2.24, 2.45) is 5.73 Å². The molecule has 0 fully saturated rings. The van der Waals surface area contributed by atoms with Crippen molar-refractivity contribution in [3.63, 3.8) is 0 Å². The van der Waals surface area contributed by atoms with Gasteiger partial charge >= 0.3 is 0 Å². The lowest BCUT2D eigenvalue weighted by molar-refractivity contribution is 0.711. The first-order valence-corrected chi connectivity index (χ1v) is 5.71. The van der Waals surface area contributed by atoms with E-state index in [4.69, 9.17) is 5.73 Å². The number of rotatable bonds is 2. The fourth-order valence-electron chi connectivity index (χ4n) is 2.29. The minimum absolute atomic E-state index is 0.763. The number of hydrogen-bond donors (Lipinski definition) is 1. The van der Waals surface area contributed by atoms with E-state index >= 15 is 0 Å². The van der Waals surface area contributed by atoms with Crippen LogP contribution in [0.5, 0.6) is 0 Å². The van der Waals surface area contributed by atoms with Crippen LogP contribution in [0.4, 0.5) is 0 Å². The molecule has 0 atom stereocenters. The Hall–Kier alpha value is -0.820. The van der Waals surface area contributed by atoms with Gasteiger partial charge in [-0.1, -0.05) is 24.6 Å². The van der Waals surface area contributed by atoms with Gasteiger partial charge in [0.25, 0.3) is 0 Å². The number of nitrogens with two attached hydrogens (primary N) is 1. The summed E-state index contributed by atoms with van der Waals surface area (Å²) >= 11 is 0. The maximum atomic E-state index is 5.57. The van der Waals surface area contributed by atoms with E-state index in [1.165, 1.54) is 37.7 Å². The molecule has 0 amide bonds. The molecule has 0 bridgehead atoms. The van der Waals surface area contributed by atoms with E-state index in [-0.39, 0.29) is 0 Å². The highest BCUT2D eigenvalue weighted by molar-refractivity contribution is 5.33. The smallest absolute Gasteiger partial charge is 0.00367 e. The molecule has 76 valence electrons. The molecule has 0 radical (unpaired) electrons. The monoisotopic (exact) mass is 189 g/mol. The van der Waals surface area contributed by atoms with Crippen molar-refractivity contribution in [1.29, 1.82) is 0 Å². The second-order valence-corrected chi connectivity index (χ2v) is 4.20. The van der Waals surface area contributed by atoms with Gasteiger partial charge in [-0.2, -0.15) is 0 Å². The van der Waals surface area contributed by atoms with E-state index in [0.29, 0.717) is 0 Å². The van der Waals surface area contributed by atoms with Gasteiger partial charge in [0, 0.05) is 0 Å². The van der Waals surface area contributed by atoms with Gasteiger partial charge in [0.1, 0.15) is 0 Å². The molecule has 0 spiro atoms. The minimum atomic E-state index is 0.763. The highest BCUT2D eigenvalue weighted by Crippen LogP contribution is 2.21. The highest BCUT2D eigenvalue weighted by atomic mass is 14.5. The highest BCUT2D eigenvalue weighted by Gasteiger charge is 2.07. The molecule has 2 rings (SSSR count). The molecule has 1 heteroatoms. The Labute approximate surface area is 86.3 Å². The quantitative estimate of drug-likeness (QED) is 0.711. The van der Waals surface area contributed by atoms with Crippen molar-refractivity contribution in [3.05, 3.63) is 34.9 Å². The standard InChI is InChI=1S/C13H19N/c14-9-8-11-6-7-12-4-2-1-3-5-13(12)10-11/h6-7,10H,1-5,8-9,14H2. The lowest BCUT2D eigenvalue weighted by Crippen LogP contribution is -2.03. The summed E-state index contributed by atoms with van der Waals surface area (Å²) in [4.78, 5) is 0. The summed E-state index contributed by atoms with van der Waals surface area (Å²) in [5, 5.41) is 0. The fraction of sp³-hybridized carbons (Fsp3) is 0.538. The van der Waals surface area contributed by atoms with Crippen LogP contribution in [0.3, 0.4) is 0 Å². The molecule has 0 aliphatic heterocycles. The van der Waals surface area contributed by atoms with Gasteiger partial charge in [-0.3, -0.25) is 0 Å². The molecule has 0 heterocycles. The Morgan fingerprint density at radius 1 is 1.00 bits per heavy atom. The van der Waals surface area contributed by atoms with Crippen LogP contribution in [-0.2, 0) is 19.3 Å². The predicted molar refractivity (Wildman–Crippen MR) is 60.5 cm³/mol. The Morgan fingerprint density at radius 2 is 1.79 bits per heavy atom. The normalized spacial score (nSPS) is 16.1. The summed E-state index contributed by atoms with van der Waals surface area (Å²) in [5.41, 5.74) is 10.1. The van der Waals surface area contributed by atoms with Gasteiger partial charge in [0.15, 0.2) is 0 Å². The second kappa shape index (κ2) is 4.61. The van der Waals surface area contributed by atoms with E-state index < -0.39 is 0 Å². The third-order valence-electron chi connectivity index (χ3n) is 3.10. The summed E-state index contributed by atoms with van der Waals surface area (Å²) < 4.78 is 0. The molecule has 1 aromatic rings. The first-order valence-electron chi connectivity index (χ1n) is 5.71. The molecule has 2 N–H and O–H groups in total. The van der Waals surface area contributed by atoms with Gasteiger partial charge in [-0.15, -0.1) is 0 Å². The Kier molecular flexibility index (Phi) is 3.20. The second-order valence-electron chi connectivity index (χ2n) is 4.20. The van der Waals surface area contributed by atoms with E-state index in [9.17, 15) is 0 Å². The first kappa shape index (κ1) is 9.72. The van der Waals surface area contributed by atoms with Crippen molar-refractivity contribution in [2.75, 3.05) is 6.54 Å². The molecule has 14 heavy (non-hydrogen) atoms. The number of benzene rings is 1. The number of aryl methyl sites for hydroxylation is 2. The maximum Gasteiger partial charge on any atom is -0.00367 e. The molecular weight excluding hydrogens is 170 g/mol. The number of fused-ring (bicyclic) bond motifs is 1. The Balaban J connectivity index is 2.23. The first-order chi connectivity index (χ1) is 6.90. The van der Waals surface area contributed by atoms with Gasteiger partial charge in [0.2, 0.25) is 0 Å². The lowest BCUT2D eigenvalue weighted by atomic mass is 9.99. The van der Waals surface area contributed by atoms with Crippen LogP contribution >= 0.6 is 0 Å². The van der Waals surface area contributed by atoms with Crippen LogP contribution in [0.1, 0.15) is 36.0 Å². The largest absolute Gasteiger partial charge is 0.330 e. The zero-order valence-electron chi connectivity index (χ0n) is 8.76. The molecule has 1 aliphatic carbocycles. The van der Waals surface area contributed by atoms with Crippen molar-refractivity contribution >= 4 is 0 Å². The molecule has 1 nitrogen and oxygen atoms in total. The maximum absolute atomic E-state index is 5.57. The van der Waals surface area contributed by atoms with E-state index in [1.54, 1.807) is 11.1 Å². The van der Waals surface area contributed by atoms with Crippen LogP contribution in [0.2, 0.25) is 0 Å². The zero-order chi connectivity index (χ0) is 9.80. The van der Waals surface area contributed by atoms with Crippen LogP contribution in [0.15, 0.2) is 18.2 Å². The van der Waals surface area contributed by atoms with Crippen LogP contribution in [0.25, 0.3) is 0 Å². The Bertz CT molecular complexity index is 304. The summed E-state index contributed by atoms with van der Waals surface area (Å²) in [6, 6.07) is 6.93.